The number of amides is 3. The maximum Gasteiger partial charge on any atom is 0.322 e. The fourth-order valence-corrected chi connectivity index (χ4v) is 4.35. The summed E-state index contributed by atoms with van der Waals surface area (Å²) in [7, 11) is 1.58. The van der Waals surface area contributed by atoms with Gasteiger partial charge in [0.25, 0.3) is 0 Å². The molecule has 1 atom stereocenters. The molecule has 0 aliphatic carbocycles. The quantitative estimate of drug-likeness (QED) is 0.507. The van der Waals surface area contributed by atoms with Gasteiger partial charge in [-0.15, -0.1) is 0 Å². The molecule has 1 aliphatic heterocycles. The molecule has 8 nitrogen and oxygen atoms in total. The van der Waals surface area contributed by atoms with Gasteiger partial charge in [-0.2, -0.15) is 0 Å². The molecule has 0 radical (unpaired) electrons. The van der Waals surface area contributed by atoms with Gasteiger partial charge >= 0.3 is 6.03 Å². The lowest BCUT2D eigenvalue weighted by atomic mass is 10.00. The second-order valence-corrected chi connectivity index (χ2v) is 8.33. The third-order valence-corrected chi connectivity index (χ3v) is 6.07. The van der Waals surface area contributed by atoms with E-state index in [4.69, 9.17) is 9.47 Å². The van der Waals surface area contributed by atoms with Crippen LogP contribution < -0.4 is 10.1 Å². The van der Waals surface area contributed by atoms with Gasteiger partial charge in [0.15, 0.2) is 0 Å². The van der Waals surface area contributed by atoms with Crippen molar-refractivity contribution >= 4 is 17.6 Å². The number of nitrogens with zero attached hydrogens (tertiary/aromatic N) is 3. The fourth-order valence-electron chi connectivity index (χ4n) is 4.35. The summed E-state index contributed by atoms with van der Waals surface area (Å²) < 4.78 is 12.8. The number of benzene rings is 2. The van der Waals surface area contributed by atoms with Crippen LogP contribution in [0.25, 0.3) is 0 Å². The summed E-state index contributed by atoms with van der Waals surface area (Å²) in [5.41, 5.74) is 2.74. The molecule has 1 unspecified atom stereocenters. The smallest absolute Gasteiger partial charge is 0.322 e. The minimum Gasteiger partial charge on any atom is -0.494 e. The van der Waals surface area contributed by atoms with E-state index in [0.29, 0.717) is 38.5 Å². The Balaban J connectivity index is 1.50. The van der Waals surface area contributed by atoms with Crippen molar-refractivity contribution in [2.45, 2.75) is 19.5 Å². The van der Waals surface area contributed by atoms with E-state index in [9.17, 15) is 9.59 Å². The maximum absolute atomic E-state index is 13.6. The number of carbonyl (C=O) groups excluding carboxylic acids is 2. The van der Waals surface area contributed by atoms with Crippen LogP contribution in [0.5, 0.6) is 5.75 Å². The zero-order valence-corrected chi connectivity index (χ0v) is 20.2. The lowest BCUT2D eigenvalue weighted by Crippen LogP contribution is -2.49. The summed E-state index contributed by atoms with van der Waals surface area (Å²) in [5.74, 6) is 0.628. The van der Waals surface area contributed by atoms with E-state index >= 15 is 0 Å². The number of ether oxygens (including phenoxy) is 2. The molecule has 184 valence electrons. The summed E-state index contributed by atoms with van der Waals surface area (Å²) in [5, 5.41) is 2.88. The predicted molar refractivity (Wildman–Crippen MR) is 135 cm³/mol. The van der Waals surface area contributed by atoms with Crippen molar-refractivity contribution in [1.82, 2.24) is 14.4 Å². The molecule has 4 rings (SSSR count). The SMILES string of the molecule is CCOc1ccc(NC(=O)N(CCOC)CC(=O)N2CCn3cccc3C2c2ccccc2)cc1. The molecule has 1 aliphatic rings. The first-order valence-corrected chi connectivity index (χ1v) is 11.9. The Hall–Kier alpha value is -3.78. The molecule has 0 fully saturated rings. The molecule has 3 aromatic rings. The first-order chi connectivity index (χ1) is 17.1. The van der Waals surface area contributed by atoms with E-state index in [1.807, 2.05) is 54.4 Å². The summed E-state index contributed by atoms with van der Waals surface area (Å²) in [6.07, 6.45) is 2.04. The standard InChI is InChI=1S/C27H32N4O4/c1-3-35-23-13-11-22(12-14-23)28-27(33)30(18-19-34-2)20-25(32)31-17-16-29-15-7-10-24(29)26(31)21-8-5-4-6-9-21/h4-15,26H,3,16-20H2,1-2H3,(H,28,33). The first kappa shape index (κ1) is 24.3. The average molecular weight is 477 g/mol. The van der Waals surface area contributed by atoms with Gasteiger partial charge in [-0.3, -0.25) is 4.79 Å². The molecule has 1 N–H and O–H groups in total. The highest BCUT2D eigenvalue weighted by molar-refractivity contribution is 5.92. The van der Waals surface area contributed by atoms with Crippen LogP contribution in [0.15, 0.2) is 72.9 Å². The molecule has 0 saturated heterocycles. The molecule has 35 heavy (non-hydrogen) atoms. The minimum absolute atomic E-state index is 0.0454. The molecule has 8 heteroatoms. The molecule has 0 spiro atoms. The van der Waals surface area contributed by atoms with Gasteiger partial charge in [0.05, 0.1) is 19.3 Å². The average Bonchev–Trinajstić information content (AvgIpc) is 3.36. The highest BCUT2D eigenvalue weighted by atomic mass is 16.5. The Bertz CT molecular complexity index is 1110. The van der Waals surface area contributed by atoms with Crippen molar-refractivity contribution < 1.29 is 19.1 Å². The van der Waals surface area contributed by atoms with Crippen molar-refractivity contribution in [2.24, 2.45) is 0 Å². The van der Waals surface area contributed by atoms with E-state index in [1.165, 1.54) is 4.90 Å². The van der Waals surface area contributed by atoms with Crippen molar-refractivity contribution in [3.8, 4) is 5.75 Å². The topological polar surface area (TPSA) is 76.0 Å². The van der Waals surface area contributed by atoms with E-state index in [-0.39, 0.29) is 24.5 Å². The summed E-state index contributed by atoms with van der Waals surface area (Å²) >= 11 is 0. The lowest BCUT2D eigenvalue weighted by Gasteiger charge is -2.38. The predicted octanol–water partition coefficient (Wildman–Crippen LogP) is 4.00. The van der Waals surface area contributed by atoms with Crippen molar-refractivity contribution in [2.75, 3.05) is 45.3 Å². The third kappa shape index (κ3) is 5.84. The van der Waals surface area contributed by atoms with Crippen LogP contribution in [0.3, 0.4) is 0 Å². The van der Waals surface area contributed by atoms with Gasteiger partial charge in [-0.25, -0.2) is 4.79 Å². The molecule has 3 amide bonds. The Morgan fingerprint density at radius 1 is 1.03 bits per heavy atom. The van der Waals surface area contributed by atoms with Crippen LogP contribution in [0.4, 0.5) is 10.5 Å². The Morgan fingerprint density at radius 2 is 1.80 bits per heavy atom. The number of hydrogen-bond donors (Lipinski definition) is 1. The molecule has 0 bridgehead atoms. The molecule has 0 saturated carbocycles. The number of rotatable bonds is 9. The van der Waals surface area contributed by atoms with Crippen LogP contribution in [-0.4, -0.2) is 66.3 Å². The minimum atomic E-state index is -0.351. The number of anilines is 1. The number of urea groups is 1. The van der Waals surface area contributed by atoms with Crippen LogP contribution in [0, 0.1) is 0 Å². The van der Waals surface area contributed by atoms with Gasteiger partial charge in [0, 0.05) is 44.3 Å². The molecule has 2 heterocycles. The van der Waals surface area contributed by atoms with E-state index in [1.54, 1.807) is 31.4 Å². The van der Waals surface area contributed by atoms with Crippen molar-refractivity contribution in [3.05, 3.63) is 84.2 Å². The van der Waals surface area contributed by atoms with Gasteiger partial charge in [-0.1, -0.05) is 30.3 Å². The van der Waals surface area contributed by atoms with Gasteiger partial charge in [-0.05, 0) is 48.9 Å². The molecular formula is C27H32N4O4. The number of carbonyl (C=O) groups is 2. The molecular weight excluding hydrogens is 444 g/mol. The van der Waals surface area contributed by atoms with Gasteiger partial charge in [0.1, 0.15) is 12.3 Å². The number of nitrogens with one attached hydrogen (secondary N) is 1. The van der Waals surface area contributed by atoms with E-state index < -0.39 is 0 Å². The van der Waals surface area contributed by atoms with Crippen molar-refractivity contribution in [3.63, 3.8) is 0 Å². The lowest BCUT2D eigenvalue weighted by molar-refractivity contribution is -0.134. The zero-order valence-electron chi connectivity index (χ0n) is 20.2. The molecule has 2 aromatic carbocycles. The van der Waals surface area contributed by atoms with Gasteiger partial charge in [0.2, 0.25) is 5.91 Å². The van der Waals surface area contributed by atoms with Crippen LogP contribution in [-0.2, 0) is 16.1 Å². The summed E-state index contributed by atoms with van der Waals surface area (Å²) in [4.78, 5) is 30.1. The Morgan fingerprint density at radius 3 is 2.51 bits per heavy atom. The number of aromatic nitrogens is 1. The van der Waals surface area contributed by atoms with Crippen LogP contribution in [0.2, 0.25) is 0 Å². The van der Waals surface area contributed by atoms with E-state index in [0.717, 1.165) is 17.0 Å². The second-order valence-electron chi connectivity index (χ2n) is 8.33. The third-order valence-electron chi connectivity index (χ3n) is 6.07. The second kappa shape index (κ2) is 11.6. The van der Waals surface area contributed by atoms with Crippen LogP contribution in [0.1, 0.15) is 24.2 Å². The number of fused-ring (bicyclic) bond motifs is 1. The summed E-state index contributed by atoms with van der Waals surface area (Å²) in [6.45, 7) is 4.36. The Kier molecular flexibility index (Phi) is 8.05. The van der Waals surface area contributed by atoms with Gasteiger partial charge < -0.3 is 29.2 Å². The first-order valence-electron chi connectivity index (χ1n) is 11.9. The Labute approximate surface area is 206 Å². The fraction of sp³-hybridized carbons (Fsp3) is 0.333. The zero-order chi connectivity index (χ0) is 24.6. The van der Waals surface area contributed by atoms with Crippen LogP contribution >= 0.6 is 0 Å². The monoisotopic (exact) mass is 476 g/mol. The number of methoxy groups -OCH3 is 1. The number of hydrogen-bond acceptors (Lipinski definition) is 4. The highest BCUT2D eigenvalue weighted by Crippen LogP contribution is 2.32. The summed E-state index contributed by atoms with van der Waals surface area (Å²) in [6, 6.07) is 20.7. The largest absolute Gasteiger partial charge is 0.494 e. The molecule has 1 aromatic heterocycles. The highest BCUT2D eigenvalue weighted by Gasteiger charge is 2.33. The maximum atomic E-state index is 13.6. The van der Waals surface area contributed by atoms with E-state index in [2.05, 4.69) is 16.0 Å². The van der Waals surface area contributed by atoms with Crippen molar-refractivity contribution in [1.29, 1.82) is 0 Å². The normalized spacial score (nSPS) is 14.8.